The van der Waals surface area contributed by atoms with Gasteiger partial charge in [0.15, 0.2) is 0 Å². The van der Waals surface area contributed by atoms with Crippen LogP contribution in [-0.4, -0.2) is 26.3 Å². The van der Waals surface area contributed by atoms with Gasteiger partial charge in [-0.2, -0.15) is 4.98 Å². The van der Waals surface area contributed by atoms with Crippen LogP contribution in [0.4, 0.5) is 0 Å². The number of aromatic nitrogens is 3. The maximum absolute atomic E-state index is 9.26. The van der Waals surface area contributed by atoms with E-state index in [0.29, 0.717) is 30.3 Å². The van der Waals surface area contributed by atoms with E-state index in [0.717, 1.165) is 8.95 Å². The number of rotatable bonds is 2. The third kappa shape index (κ3) is 2.22. The van der Waals surface area contributed by atoms with Crippen molar-refractivity contribution in [1.82, 2.24) is 15.1 Å². The van der Waals surface area contributed by atoms with Crippen molar-refractivity contribution in [1.29, 1.82) is 0 Å². The van der Waals surface area contributed by atoms with Crippen LogP contribution in [0.1, 0.15) is 24.7 Å². The number of nitrogens with zero attached hydrogens (tertiary/aromatic N) is 3. The Morgan fingerprint density at radius 2 is 2.11 bits per heavy atom. The molecule has 0 amide bonds. The molecule has 1 N–H and O–H groups in total. The average molecular weight is 375 g/mol. The maximum Gasteiger partial charge on any atom is 0.230 e. The van der Waals surface area contributed by atoms with E-state index in [1.165, 1.54) is 0 Å². The number of halogens is 2. The molecule has 1 fully saturated rings. The molecule has 5 nitrogen and oxygen atoms in total. The number of aliphatic hydroxyl groups is 1. The molecule has 0 aliphatic heterocycles. The lowest BCUT2D eigenvalue weighted by molar-refractivity contribution is 0.0625. The second-order valence-corrected chi connectivity index (χ2v) is 6.03. The molecule has 1 saturated carbocycles. The zero-order valence-electron chi connectivity index (χ0n) is 9.18. The first-order valence-electron chi connectivity index (χ1n) is 5.46. The summed E-state index contributed by atoms with van der Waals surface area (Å²) in [5.41, 5.74) is 0.646. The highest BCUT2D eigenvalue weighted by Gasteiger charge is 2.33. The Kier molecular flexibility index (Phi) is 3.21. The minimum absolute atomic E-state index is 0.176. The van der Waals surface area contributed by atoms with Crippen molar-refractivity contribution in [2.45, 2.75) is 24.9 Å². The van der Waals surface area contributed by atoms with E-state index in [9.17, 15) is 5.11 Å². The molecule has 0 atom stereocenters. The first-order chi connectivity index (χ1) is 8.63. The summed E-state index contributed by atoms with van der Waals surface area (Å²) in [5, 5.41) is 13.2. The van der Waals surface area contributed by atoms with Gasteiger partial charge in [0.2, 0.25) is 11.7 Å². The van der Waals surface area contributed by atoms with Gasteiger partial charge >= 0.3 is 0 Å². The molecule has 18 heavy (non-hydrogen) atoms. The summed E-state index contributed by atoms with van der Waals surface area (Å²) >= 11 is 6.76. The minimum Gasteiger partial charge on any atom is -0.393 e. The second-order valence-electron chi connectivity index (χ2n) is 4.26. The molecule has 1 aliphatic carbocycles. The van der Waals surface area contributed by atoms with E-state index >= 15 is 0 Å². The van der Waals surface area contributed by atoms with Gasteiger partial charge in [0.05, 0.1) is 6.10 Å². The molecule has 2 heterocycles. The molecular weight excluding hydrogens is 366 g/mol. The van der Waals surface area contributed by atoms with Crippen molar-refractivity contribution < 1.29 is 9.63 Å². The highest BCUT2D eigenvalue weighted by Crippen LogP contribution is 2.36. The average Bonchev–Trinajstić information content (AvgIpc) is 2.73. The zero-order chi connectivity index (χ0) is 12.7. The summed E-state index contributed by atoms with van der Waals surface area (Å²) in [7, 11) is 0. The minimum atomic E-state index is -0.233. The summed E-state index contributed by atoms with van der Waals surface area (Å²) < 4.78 is 6.89. The smallest absolute Gasteiger partial charge is 0.230 e. The number of hydrogen-bond donors (Lipinski definition) is 1. The summed E-state index contributed by atoms with van der Waals surface area (Å²) in [4.78, 5) is 8.58. The third-order valence-corrected chi connectivity index (χ3v) is 3.96. The Labute approximate surface area is 120 Å². The molecule has 2 aromatic heterocycles. The fourth-order valence-electron chi connectivity index (χ4n) is 1.87. The van der Waals surface area contributed by atoms with Gasteiger partial charge in [-0.15, -0.1) is 0 Å². The Balaban J connectivity index is 1.88. The predicted octanol–water partition coefficient (Wildman–Crippen LogP) is 2.89. The van der Waals surface area contributed by atoms with Crippen LogP contribution in [0, 0.1) is 0 Å². The van der Waals surface area contributed by atoms with E-state index in [1.807, 2.05) is 6.07 Å². The van der Waals surface area contributed by atoms with Gasteiger partial charge in [0.25, 0.3) is 0 Å². The van der Waals surface area contributed by atoms with Crippen molar-refractivity contribution in [2.24, 2.45) is 0 Å². The topological polar surface area (TPSA) is 72.0 Å². The highest BCUT2D eigenvalue weighted by molar-refractivity contribution is 9.11. The van der Waals surface area contributed by atoms with Crippen LogP contribution < -0.4 is 0 Å². The monoisotopic (exact) mass is 373 g/mol. The maximum atomic E-state index is 9.26. The van der Waals surface area contributed by atoms with E-state index in [-0.39, 0.29) is 12.0 Å². The van der Waals surface area contributed by atoms with Gasteiger partial charge in [-0.1, -0.05) is 5.16 Å². The summed E-state index contributed by atoms with van der Waals surface area (Å²) in [5.74, 6) is 1.22. The van der Waals surface area contributed by atoms with Crippen LogP contribution in [0.25, 0.3) is 11.5 Å². The lowest BCUT2D eigenvalue weighted by Gasteiger charge is -2.27. The molecule has 0 unspecified atom stereocenters. The Morgan fingerprint density at radius 3 is 2.78 bits per heavy atom. The molecule has 0 spiro atoms. The van der Waals surface area contributed by atoms with Crippen molar-refractivity contribution in [3.8, 4) is 11.5 Å². The fraction of sp³-hybridized carbons (Fsp3) is 0.364. The zero-order valence-corrected chi connectivity index (χ0v) is 12.3. The summed E-state index contributed by atoms with van der Waals surface area (Å²) in [6, 6.07) is 1.88. The molecular formula is C11H9Br2N3O2. The van der Waals surface area contributed by atoms with Gasteiger partial charge in [0.1, 0.15) is 5.69 Å². The first kappa shape index (κ1) is 12.3. The van der Waals surface area contributed by atoms with Crippen LogP contribution >= 0.6 is 31.9 Å². The van der Waals surface area contributed by atoms with E-state index in [1.54, 1.807) is 6.20 Å². The van der Waals surface area contributed by atoms with Crippen LogP contribution in [0.5, 0.6) is 0 Å². The van der Waals surface area contributed by atoms with Gasteiger partial charge in [-0.25, -0.2) is 0 Å². The Hall–Kier alpha value is -0.790. The van der Waals surface area contributed by atoms with Gasteiger partial charge < -0.3 is 9.63 Å². The number of pyridine rings is 1. The third-order valence-electron chi connectivity index (χ3n) is 2.92. The lowest BCUT2D eigenvalue weighted by atomic mass is 9.82. The number of aliphatic hydroxyl groups excluding tert-OH is 1. The molecule has 7 heteroatoms. The van der Waals surface area contributed by atoms with Crippen molar-refractivity contribution in [3.63, 3.8) is 0 Å². The largest absolute Gasteiger partial charge is 0.393 e. The highest BCUT2D eigenvalue weighted by atomic mass is 79.9. The molecule has 0 aromatic carbocycles. The van der Waals surface area contributed by atoms with Crippen molar-refractivity contribution >= 4 is 31.9 Å². The van der Waals surface area contributed by atoms with E-state index < -0.39 is 0 Å². The van der Waals surface area contributed by atoms with Crippen LogP contribution in [0.2, 0.25) is 0 Å². The summed E-state index contributed by atoms with van der Waals surface area (Å²) in [6.45, 7) is 0. The standard InChI is InChI=1S/C11H9Br2N3O2/c12-6-3-8(13)9(14-4-6)10-15-11(18-16-10)5-1-7(17)2-5/h3-5,7,17H,1-2H2. The van der Waals surface area contributed by atoms with Gasteiger partial charge in [0, 0.05) is 21.1 Å². The predicted molar refractivity (Wildman–Crippen MR) is 70.9 cm³/mol. The second kappa shape index (κ2) is 4.71. The fourth-order valence-corrected chi connectivity index (χ4v) is 3.03. The molecule has 2 aromatic rings. The molecule has 0 bridgehead atoms. The first-order valence-corrected chi connectivity index (χ1v) is 7.05. The molecule has 1 aliphatic rings. The normalized spacial score (nSPS) is 22.8. The van der Waals surface area contributed by atoms with E-state index in [2.05, 4.69) is 47.0 Å². The molecule has 0 saturated heterocycles. The van der Waals surface area contributed by atoms with Crippen LogP contribution in [0.3, 0.4) is 0 Å². The van der Waals surface area contributed by atoms with E-state index in [4.69, 9.17) is 4.52 Å². The SMILES string of the molecule is OC1CC(c2nc(-c3ncc(Br)cc3Br)no2)C1. The van der Waals surface area contributed by atoms with Crippen molar-refractivity contribution in [2.75, 3.05) is 0 Å². The molecule has 94 valence electrons. The Morgan fingerprint density at radius 1 is 1.33 bits per heavy atom. The van der Waals surface area contributed by atoms with Gasteiger partial charge in [-0.3, -0.25) is 4.98 Å². The summed E-state index contributed by atoms with van der Waals surface area (Å²) in [6.07, 6.45) is 2.83. The van der Waals surface area contributed by atoms with Crippen LogP contribution in [-0.2, 0) is 0 Å². The van der Waals surface area contributed by atoms with Gasteiger partial charge in [-0.05, 0) is 50.8 Å². The Bertz CT molecular complexity index is 581. The molecule has 0 radical (unpaired) electrons. The number of hydrogen-bond acceptors (Lipinski definition) is 5. The quantitative estimate of drug-likeness (QED) is 0.874. The lowest BCUT2D eigenvalue weighted by Crippen LogP contribution is -2.26. The van der Waals surface area contributed by atoms with Crippen LogP contribution in [0.15, 0.2) is 25.7 Å². The van der Waals surface area contributed by atoms with Crippen molar-refractivity contribution in [3.05, 3.63) is 27.1 Å². The molecule has 3 rings (SSSR count).